The molecule has 1 heteroatoms. The Bertz CT molecular complexity index is 804. The van der Waals surface area contributed by atoms with Crippen LogP contribution in [0.25, 0.3) is 0 Å². The first-order chi connectivity index (χ1) is 15.3. The third-order valence-electron chi connectivity index (χ3n) is 6.88. The zero-order valence-electron chi connectivity index (χ0n) is 19.8. The fraction of sp³-hybridized carbons (Fsp3) is 0.567. The first kappa shape index (κ1) is 23.8. The summed E-state index contributed by atoms with van der Waals surface area (Å²) >= 11 is 0. The summed E-state index contributed by atoms with van der Waals surface area (Å²) in [6, 6.07) is 14.6. The maximum absolute atomic E-state index is 12.9. The standard InChI is InChI=1S/C30H42O/c1-2-3-4-5-6-7-8-9-10-11-12-13-14-15-18-25-21-22-27-24-26-19-16-17-20-28(26)30(31)29(27)23-25/h16-17,19-23H,2-15,18,24H2,1H3. The normalized spacial score (nSPS) is 12.6. The molecule has 0 fully saturated rings. The van der Waals surface area contributed by atoms with Gasteiger partial charge in [0.2, 0.25) is 0 Å². The van der Waals surface area contributed by atoms with Crippen molar-refractivity contribution in [1.29, 1.82) is 0 Å². The summed E-state index contributed by atoms with van der Waals surface area (Å²) in [6.07, 6.45) is 21.5. The third-order valence-corrected chi connectivity index (χ3v) is 6.88. The molecule has 1 nitrogen and oxygen atoms in total. The Balaban J connectivity index is 1.25. The predicted molar refractivity (Wildman–Crippen MR) is 133 cm³/mol. The zero-order chi connectivity index (χ0) is 21.7. The fourth-order valence-corrected chi connectivity index (χ4v) is 4.91. The lowest BCUT2D eigenvalue weighted by atomic mass is 9.84. The SMILES string of the molecule is CCCCCCCCCCCCCCCCc1ccc2c(c1)C(=O)c1ccccc1C2. The van der Waals surface area contributed by atoms with Gasteiger partial charge in [0.05, 0.1) is 0 Å². The number of aryl methyl sites for hydroxylation is 1. The molecule has 0 atom stereocenters. The van der Waals surface area contributed by atoms with Crippen molar-refractivity contribution in [3.05, 3.63) is 70.3 Å². The molecule has 0 saturated carbocycles. The van der Waals surface area contributed by atoms with E-state index in [1.807, 2.05) is 18.2 Å². The first-order valence-electron chi connectivity index (χ1n) is 13.0. The van der Waals surface area contributed by atoms with Crippen molar-refractivity contribution in [2.24, 2.45) is 0 Å². The van der Waals surface area contributed by atoms with Crippen LogP contribution in [0.15, 0.2) is 42.5 Å². The van der Waals surface area contributed by atoms with E-state index < -0.39 is 0 Å². The average Bonchev–Trinajstić information content (AvgIpc) is 2.80. The van der Waals surface area contributed by atoms with Gasteiger partial charge in [-0.15, -0.1) is 0 Å². The molecule has 0 aromatic heterocycles. The third kappa shape index (κ3) is 7.63. The van der Waals surface area contributed by atoms with Crippen LogP contribution in [0.3, 0.4) is 0 Å². The molecule has 0 spiro atoms. The molecule has 0 amide bonds. The van der Waals surface area contributed by atoms with Crippen molar-refractivity contribution in [2.45, 2.75) is 110 Å². The first-order valence-corrected chi connectivity index (χ1v) is 13.0. The second kappa shape index (κ2) is 13.5. The smallest absolute Gasteiger partial charge is 0.193 e. The maximum Gasteiger partial charge on any atom is 0.193 e. The second-order valence-electron chi connectivity index (χ2n) is 9.50. The lowest BCUT2D eigenvalue weighted by Gasteiger charge is -2.19. The van der Waals surface area contributed by atoms with E-state index in [9.17, 15) is 4.79 Å². The number of unbranched alkanes of at least 4 members (excludes halogenated alkanes) is 13. The van der Waals surface area contributed by atoms with E-state index in [0.29, 0.717) is 0 Å². The number of ketones is 1. The minimum atomic E-state index is 0.208. The Kier molecular flexibility index (Phi) is 10.4. The van der Waals surface area contributed by atoms with Crippen LogP contribution in [0.2, 0.25) is 0 Å². The molecule has 0 radical (unpaired) electrons. The summed E-state index contributed by atoms with van der Waals surface area (Å²) in [4.78, 5) is 12.9. The minimum absolute atomic E-state index is 0.208. The quantitative estimate of drug-likeness (QED) is 0.225. The number of fused-ring (bicyclic) bond motifs is 2. The summed E-state index contributed by atoms with van der Waals surface area (Å²) in [7, 11) is 0. The monoisotopic (exact) mass is 418 g/mol. The molecule has 31 heavy (non-hydrogen) atoms. The van der Waals surface area contributed by atoms with Crippen LogP contribution >= 0.6 is 0 Å². The van der Waals surface area contributed by atoms with Gasteiger partial charge in [0, 0.05) is 11.1 Å². The lowest BCUT2D eigenvalue weighted by molar-refractivity contribution is 0.103. The van der Waals surface area contributed by atoms with Gasteiger partial charge in [-0.05, 0) is 42.0 Å². The van der Waals surface area contributed by atoms with Crippen LogP contribution in [0.5, 0.6) is 0 Å². The van der Waals surface area contributed by atoms with Crippen LogP contribution in [-0.2, 0) is 12.8 Å². The van der Waals surface area contributed by atoms with Crippen molar-refractivity contribution in [3.63, 3.8) is 0 Å². The molecular weight excluding hydrogens is 376 g/mol. The van der Waals surface area contributed by atoms with Gasteiger partial charge >= 0.3 is 0 Å². The van der Waals surface area contributed by atoms with Crippen molar-refractivity contribution < 1.29 is 4.79 Å². The van der Waals surface area contributed by atoms with E-state index in [4.69, 9.17) is 0 Å². The highest BCUT2D eigenvalue weighted by molar-refractivity contribution is 6.12. The van der Waals surface area contributed by atoms with Crippen LogP contribution < -0.4 is 0 Å². The number of benzene rings is 2. The Labute approximate surface area is 190 Å². The van der Waals surface area contributed by atoms with E-state index in [0.717, 1.165) is 24.0 Å². The molecule has 168 valence electrons. The molecule has 2 aromatic rings. The topological polar surface area (TPSA) is 17.1 Å². The van der Waals surface area contributed by atoms with Gasteiger partial charge in [0.25, 0.3) is 0 Å². The molecule has 0 unspecified atom stereocenters. The lowest BCUT2D eigenvalue weighted by Crippen LogP contribution is -2.15. The number of hydrogen-bond acceptors (Lipinski definition) is 1. The van der Waals surface area contributed by atoms with Crippen LogP contribution in [-0.4, -0.2) is 5.78 Å². The van der Waals surface area contributed by atoms with Crippen molar-refractivity contribution in [3.8, 4) is 0 Å². The Morgan fingerprint density at radius 3 is 1.81 bits per heavy atom. The van der Waals surface area contributed by atoms with Crippen molar-refractivity contribution in [1.82, 2.24) is 0 Å². The fourth-order valence-electron chi connectivity index (χ4n) is 4.91. The summed E-state index contributed by atoms with van der Waals surface area (Å²) in [5, 5.41) is 0. The van der Waals surface area contributed by atoms with Gasteiger partial charge in [-0.1, -0.05) is 127 Å². The minimum Gasteiger partial charge on any atom is -0.289 e. The highest BCUT2D eigenvalue weighted by Gasteiger charge is 2.22. The molecule has 0 N–H and O–H groups in total. The zero-order valence-corrected chi connectivity index (χ0v) is 19.8. The van der Waals surface area contributed by atoms with Gasteiger partial charge in [0.1, 0.15) is 0 Å². The number of rotatable bonds is 15. The predicted octanol–water partition coefficient (Wildman–Crippen LogP) is 8.85. The van der Waals surface area contributed by atoms with E-state index >= 15 is 0 Å². The summed E-state index contributed by atoms with van der Waals surface area (Å²) < 4.78 is 0. The maximum atomic E-state index is 12.9. The molecule has 0 saturated heterocycles. The molecule has 2 aromatic carbocycles. The van der Waals surface area contributed by atoms with Crippen LogP contribution in [0.4, 0.5) is 0 Å². The highest BCUT2D eigenvalue weighted by Crippen LogP contribution is 2.28. The molecule has 1 aliphatic carbocycles. The molecule has 0 bridgehead atoms. The largest absolute Gasteiger partial charge is 0.289 e. The van der Waals surface area contributed by atoms with Gasteiger partial charge in [-0.2, -0.15) is 0 Å². The van der Waals surface area contributed by atoms with Gasteiger partial charge < -0.3 is 0 Å². The summed E-state index contributed by atoms with van der Waals surface area (Å²) in [5.74, 6) is 0.208. The van der Waals surface area contributed by atoms with Gasteiger partial charge in [0.15, 0.2) is 5.78 Å². The summed E-state index contributed by atoms with van der Waals surface area (Å²) in [6.45, 7) is 2.29. The number of carbonyl (C=O) groups is 1. The van der Waals surface area contributed by atoms with Crippen LogP contribution in [0.1, 0.15) is 129 Å². The van der Waals surface area contributed by atoms with E-state index in [1.165, 1.54) is 107 Å². The van der Waals surface area contributed by atoms with E-state index in [1.54, 1.807) is 0 Å². The Morgan fingerprint density at radius 2 is 1.16 bits per heavy atom. The molecule has 0 aliphatic heterocycles. The van der Waals surface area contributed by atoms with Gasteiger partial charge in [-0.25, -0.2) is 0 Å². The molecule has 3 rings (SSSR count). The Hall–Kier alpha value is -1.89. The number of hydrogen-bond donors (Lipinski definition) is 0. The van der Waals surface area contributed by atoms with Crippen molar-refractivity contribution >= 4 is 5.78 Å². The molecule has 0 heterocycles. The van der Waals surface area contributed by atoms with E-state index in [-0.39, 0.29) is 5.78 Å². The summed E-state index contributed by atoms with van der Waals surface area (Å²) in [5.41, 5.74) is 5.50. The number of carbonyl (C=O) groups excluding carboxylic acids is 1. The second-order valence-corrected chi connectivity index (χ2v) is 9.50. The average molecular weight is 419 g/mol. The highest BCUT2D eigenvalue weighted by atomic mass is 16.1. The van der Waals surface area contributed by atoms with E-state index in [2.05, 4.69) is 31.2 Å². The molecular formula is C30H42O. The van der Waals surface area contributed by atoms with Gasteiger partial charge in [-0.3, -0.25) is 4.79 Å². The molecule has 1 aliphatic rings. The van der Waals surface area contributed by atoms with Crippen LogP contribution in [0, 0.1) is 0 Å². The van der Waals surface area contributed by atoms with Crippen molar-refractivity contribution in [2.75, 3.05) is 0 Å². The Morgan fingerprint density at radius 1 is 0.613 bits per heavy atom.